The number of hydrogen-bond donors (Lipinski definition) is 2. The first-order valence-electron chi connectivity index (χ1n) is 5.96. The van der Waals surface area contributed by atoms with Gasteiger partial charge in [-0.25, -0.2) is 0 Å². The molecule has 4 heteroatoms. The van der Waals surface area contributed by atoms with Crippen molar-refractivity contribution in [3.05, 3.63) is 35.9 Å². The SMILES string of the molecule is CCC(C#N)NC(=O)CC(C)(O)c1ccccc1. The molecule has 18 heavy (non-hydrogen) atoms. The Bertz CT molecular complexity index is 435. The third-order valence-corrected chi connectivity index (χ3v) is 2.80. The number of nitrogens with one attached hydrogen (secondary N) is 1. The van der Waals surface area contributed by atoms with Crippen LogP contribution in [0.15, 0.2) is 30.3 Å². The van der Waals surface area contributed by atoms with Crippen LogP contribution in [0.2, 0.25) is 0 Å². The molecule has 0 heterocycles. The van der Waals surface area contributed by atoms with Crippen LogP contribution in [0.25, 0.3) is 0 Å². The molecule has 4 nitrogen and oxygen atoms in total. The molecule has 2 N–H and O–H groups in total. The highest BCUT2D eigenvalue weighted by Gasteiger charge is 2.27. The molecule has 0 fully saturated rings. The minimum absolute atomic E-state index is 0.0603. The number of aliphatic hydroxyl groups is 1. The average Bonchev–Trinajstić information content (AvgIpc) is 2.36. The van der Waals surface area contributed by atoms with Gasteiger partial charge in [0.25, 0.3) is 0 Å². The summed E-state index contributed by atoms with van der Waals surface area (Å²) in [6.07, 6.45) is 0.491. The molecule has 1 rings (SSSR count). The van der Waals surface area contributed by atoms with E-state index >= 15 is 0 Å². The van der Waals surface area contributed by atoms with Gasteiger partial charge in [-0.3, -0.25) is 4.79 Å². The van der Waals surface area contributed by atoms with Crippen LogP contribution < -0.4 is 5.32 Å². The van der Waals surface area contributed by atoms with Crippen molar-refractivity contribution in [2.75, 3.05) is 0 Å². The molecule has 1 aromatic carbocycles. The van der Waals surface area contributed by atoms with E-state index in [9.17, 15) is 9.90 Å². The summed E-state index contributed by atoms with van der Waals surface area (Å²) < 4.78 is 0. The van der Waals surface area contributed by atoms with Crippen LogP contribution in [-0.2, 0) is 10.4 Å². The second kappa shape index (κ2) is 6.18. The first-order chi connectivity index (χ1) is 8.49. The molecule has 0 radical (unpaired) electrons. The summed E-state index contributed by atoms with van der Waals surface area (Å²) in [5, 5.41) is 21.6. The Balaban J connectivity index is 2.67. The molecule has 0 saturated heterocycles. The fraction of sp³-hybridized carbons (Fsp3) is 0.429. The van der Waals surface area contributed by atoms with Crippen molar-refractivity contribution in [2.45, 2.75) is 38.3 Å². The van der Waals surface area contributed by atoms with Gasteiger partial charge in [0.15, 0.2) is 0 Å². The zero-order valence-corrected chi connectivity index (χ0v) is 10.7. The monoisotopic (exact) mass is 246 g/mol. The Morgan fingerprint density at radius 3 is 2.61 bits per heavy atom. The number of benzene rings is 1. The molecule has 0 aliphatic carbocycles. The lowest BCUT2D eigenvalue weighted by molar-refractivity contribution is -0.126. The lowest BCUT2D eigenvalue weighted by Crippen LogP contribution is -2.38. The van der Waals surface area contributed by atoms with E-state index in [0.717, 1.165) is 0 Å². The molecule has 1 amide bonds. The normalized spacial score (nSPS) is 15.2. The standard InChI is InChI=1S/C14H18N2O2/c1-3-12(10-15)16-13(17)9-14(2,18)11-7-5-4-6-8-11/h4-8,12,18H,3,9H2,1-2H3,(H,16,17). The van der Waals surface area contributed by atoms with Gasteiger partial charge in [0.2, 0.25) is 5.91 Å². The number of rotatable bonds is 5. The minimum atomic E-state index is -1.22. The van der Waals surface area contributed by atoms with Gasteiger partial charge >= 0.3 is 0 Å². The van der Waals surface area contributed by atoms with Gasteiger partial charge in [-0.2, -0.15) is 5.26 Å². The zero-order chi connectivity index (χ0) is 13.6. The predicted octanol–water partition coefficient (Wildman–Crippen LogP) is 1.70. The Hall–Kier alpha value is -1.86. The van der Waals surface area contributed by atoms with Crippen LogP contribution >= 0.6 is 0 Å². The van der Waals surface area contributed by atoms with E-state index in [4.69, 9.17) is 5.26 Å². The van der Waals surface area contributed by atoms with Gasteiger partial charge < -0.3 is 10.4 Å². The number of hydrogen-bond acceptors (Lipinski definition) is 3. The van der Waals surface area contributed by atoms with E-state index in [1.54, 1.807) is 19.1 Å². The molecular formula is C14H18N2O2. The highest BCUT2D eigenvalue weighted by Crippen LogP contribution is 2.23. The van der Waals surface area contributed by atoms with Crippen LogP contribution in [0.4, 0.5) is 0 Å². The van der Waals surface area contributed by atoms with Crippen molar-refractivity contribution in [1.29, 1.82) is 5.26 Å². The second-order valence-corrected chi connectivity index (χ2v) is 4.47. The third kappa shape index (κ3) is 3.86. The molecule has 2 atom stereocenters. The zero-order valence-electron chi connectivity index (χ0n) is 10.7. The summed E-state index contributed by atoms with van der Waals surface area (Å²) in [6, 6.07) is 10.5. The minimum Gasteiger partial charge on any atom is -0.385 e. The maximum absolute atomic E-state index is 11.7. The number of nitriles is 1. The summed E-state index contributed by atoms with van der Waals surface area (Å²) in [7, 11) is 0. The largest absolute Gasteiger partial charge is 0.385 e. The smallest absolute Gasteiger partial charge is 0.224 e. The molecule has 0 saturated carbocycles. The summed E-state index contributed by atoms with van der Waals surface area (Å²) >= 11 is 0. The van der Waals surface area contributed by atoms with Crippen LogP contribution in [0.5, 0.6) is 0 Å². The predicted molar refractivity (Wildman–Crippen MR) is 68.5 cm³/mol. The molecule has 1 aromatic rings. The van der Waals surface area contributed by atoms with Gasteiger partial charge in [0, 0.05) is 0 Å². The van der Waals surface area contributed by atoms with Crippen molar-refractivity contribution in [1.82, 2.24) is 5.32 Å². The van der Waals surface area contributed by atoms with Crippen molar-refractivity contribution < 1.29 is 9.90 Å². The van der Waals surface area contributed by atoms with Crippen LogP contribution in [-0.4, -0.2) is 17.1 Å². The second-order valence-electron chi connectivity index (χ2n) is 4.47. The molecule has 0 aliphatic heterocycles. The van der Waals surface area contributed by atoms with Gasteiger partial charge in [-0.15, -0.1) is 0 Å². The van der Waals surface area contributed by atoms with E-state index in [-0.39, 0.29) is 12.3 Å². The number of nitrogens with zero attached hydrogens (tertiary/aromatic N) is 1. The van der Waals surface area contributed by atoms with E-state index in [1.807, 2.05) is 31.2 Å². The van der Waals surface area contributed by atoms with Crippen molar-refractivity contribution >= 4 is 5.91 Å². The van der Waals surface area contributed by atoms with Gasteiger partial charge in [0.1, 0.15) is 6.04 Å². The summed E-state index contributed by atoms with van der Waals surface area (Å²) in [6.45, 7) is 3.42. The molecule has 0 bridgehead atoms. The van der Waals surface area contributed by atoms with Gasteiger partial charge in [0.05, 0.1) is 18.1 Å². The third-order valence-electron chi connectivity index (χ3n) is 2.80. The van der Waals surface area contributed by atoms with Crippen LogP contribution in [0.3, 0.4) is 0 Å². The van der Waals surface area contributed by atoms with Crippen molar-refractivity contribution in [3.8, 4) is 6.07 Å². The van der Waals surface area contributed by atoms with Gasteiger partial charge in [-0.1, -0.05) is 37.3 Å². The fourth-order valence-electron chi connectivity index (χ4n) is 1.68. The molecule has 0 spiro atoms. The number of carbonyl (C=O) groups is 1. The Morgan fingerprint density at radius 1 is 1.50 bits per heavy atom. The Morgan fingerprint density at radius 2 is 2.11 bits per heavy atom. The highest BCUT2D eigenvalue weighted by molar-refractivity contribution is 5.77. The summed E-state index contributed by atoms with van der Waals surface area (Å²) in [5.41, 5.74) is -0.538. The lowest BCUT2D eigenvalue weighted by atomic mass is 9.92. The Labute approximate surface area is 107 Å². The van der Waals surface area contributed by atoms with E-state index in [0.29, 0.717) is 12.0 Å². The maximum Gasteiger partial charge on any atom is 0.224 e. The maximum atomic E-state index is 11.7. The molecule has 96 valence electrons. The van der Waals surface area contributed by atoms with Crippen LogP contribution in [0, 0.1) is 11.3 Å². The molecule has 0 aliphatic rings. The molecule has 0 aromatic heterocycles. The van der Waals surface area contributed by atoms with E-state index in [1.165, 1.54) is 0 Å². The number of carbonyl (C=O) groups excluding carboxylic acids is 1. The lowest BCUT2D eigenvalue weighted by Gasteiger charge is -2.23. The Kier molecular flexibility index (Phi) is 4.87. The summed E-state index contributed by atoms with van der Waals surface area (Å²) in [5.74, 6) is -0.322. The molecular weight excluding hydrogens is 228 g/mol. The van der Waals surface area contributed by atoms with Crippen LogP contribution in [0.1, 0.15) is 32.3 Å². The highest BCUT2D eigenvalue weighted by atomic mass is 16.3. The first-order valence-corrected chi connectivity index (χ1v) is 5.96. The average molecular weight is 246 g/mol. The first kappa shape index (κ1) is 14.2. The quantitative estimate of drug-likeness (QED) is 0.830. The van der Waals surface area contributed by atoms with Crippen molar-refractivity contribution in [3.63, 3.8) is 0 Å². The fourth-order valence-corrected chi connectivity index (χ4v) is 1.68. The summed E-state index contributed by atoms with van der Waals surface area (Å²) in [4.78, 5) is 11.7. The van der Waals surface area contributed by atoms with Crippen molar-refractivity contribution in [2.24, 2.45) is 0 Å². The van der Waals surface area contributed by atoms with Gasteiger partial charge in [-0.05, 0) is 18.9 Å². The molecule has 2 unspecified atom stereocenters. The van der Waals surface area contributed by atoms with E-state index in [2.05, 4.69) is 5.32 Å². The van der Waals surface area contributed by atoms with E-state index < -0.39 is 11.6 Å². The topological polar surface area (TPSA) is 73.1 Å². The number of amides is 1.